The topological polar surface area (TPSA) is 70.0 Å². The number of alkyl halides is 3. The number of amides is 1. The Morgan fingerprint density at radius 1 is 1.40 bits per heavy atom. The number of nitrogens with zero attached hydrogens (tertiary/aromatic N) is 2. The third-order valence-electron chi connectivity index (χ3n) is 2.83. The van der Waals surface area contributed by atoms with Crippen molar-refractivity contribution < 1.29 is 27.9 Å². The summed E-state index contributed by atoms with van der Waals surface area (Å²) >= 11 is 0. The second kappa shape index (κ2) is 4.62. The predicted octanol–water partition coefficient (Wildman–Crippen LogP) is 2.29. The molecule has 0 fully saturated rings. The van der Waals surface area contributed by atoms with E-state index in [9.17, 15) is 22.8 Å². The Labute approximate surface area is 111 Å². The van der Waals surface area contributed by atoms with Crippen LogP contribution in [0.15, 0.2) is 29.4 Å². The molecule has 20 heavy (non-hydrogen) atoms. The molecule has 1 unspecified atom stereocenters. The fraction of sp³-hybridized carbons (Fsp3) is 0.250. The van der Waals surface area contributed by atoms with Gasteiger partial charge >= 0.3 is 12.1 Å². The van der Waals surface area contributed by atoms with E-state index in [1.54, 1.807) is 0 Å². The fourth-order valence-electron chi connectivity index (χ4n) is 1.80. The van der Waals surface area contributed by atoms with Crippen LogP contribution >= 0.6 is 0 Å². The van der Waals surface area contributed by atoms with Gasteiger partial charge < -0.3 is 5.11 Å². The maximum absolute atomic E-state index is 12.7. The van der Waals surface area contributed by atoms with Gasteiger partial charge in [-0.1, -0.05) is 6.07 Å². The van der Waals surface area contributed by atoms with Gasteiger partial charge in [0.25, 0.3) is 5.91 Å². The maximum atomic E-state index is 12.7. The number of hydrogen-bond acceptors (Lipinski definition) is 3. The van der Waals surface area contributed by atoms with Gasteiger partial charge in [-0.25, -0.2) is 4.79 Å². The molecule has 1 N–H and O–H groups in total. The molecule has 0 spiro atoms. The van der Waals surface area contributed by atoms with E-state index in [1.807, 2.05) is 0 Å². The molecule has 5 nitrogen and oxygen atoms in total. The van der Waals surface area contributed by atoms with Gasteiger partial charge in [0.1, 0.15) is 0 Å². The lowest BCUT2D eigenvalue weighted by molar-refractivity contribution is -0.120. The van der Waals surface area contributed by atoms with Gasteiger partial charge in [-0.05, 0) is 25.1 Å². The number of halogens is 3. The van der Waals surface area contributed by atoms with Gasteiger partial charge in [0, 0.05) is 0 Å². The van der Waals surface area contributed by atoms with Gasteiger partial charge in [-0.3, -0.25) is 4.79 Å². The molecule has 0 aliphatic carbocycles. The first-order chi connectivity index (χ1) is 9.21. The molecule has 1 atom stereocenters. The molecule has 8 heteroatoms. The lowest BCUT2D eigenvalue weighted by Crippen LogP contribution is -2.31. The number of anilines is 1. The first-order valence-electron chi connectivity index (χ1n) is 5.55. The van der Waals surface area contributed by atoms with Crippen molar-refractivity contribution in [3.05, 3.63) is 29.8 Å². The van der Waals surface area contributed by atoms with Crippen molar-refractivity contribution in [1.82, 2.24) is 0 Å². The molecule has 106 valence electrons. The molecular formula is C12H9F3N2O3. The van der Waals surface area contributed by atoms with E-state index in [1.165, 1.54) is 18.2 Å². The van der Waals surface area contributed by atoms with E-state index in [-0.39, 0.29) is 11.3 Å². The average molecular weight is 286 g/mol. The summed E-state index contributed by atoms with van der Waals surface area (Å²) in [6.45, 7) is 1.11. The van der Waals surface area contributed by atoms with Crippen LogP contribution in [0, 0.1) is 5.92 Å². The van der Waals surface area contributed by atoms with Gasteiger partial charge in [-0.15, -0.1) is 0 Å². The molecule has 1 aromatic carbocycles. The predicted molar refractivity (Wildman–Crippen MR) is 63.5 cm³/mol. The van der Waals surface area contributed by atoms with Crippen LogP contribution in [0.1, 0.15) is 17.3 Å². The van der Waals surface area contributed by atoms with Crippen molar-refractivity contribution in [3.8, 4) is 0 Å². The summed E-state index contributed by atoms with van der Waals surface area (Å²) in [4.78, 5) is 22.6. The highest BCUT2D eigenvalue weighted by Crippen LogP contribution is 2.31. The van der Waals surface area contributed by atoms with Crippen molar-refractivity contribution in [2.24, 2.45) is 11.0 Å². The Kier molecular flexibility index (Phi) is 3.24. The van der Waals surface area contributed by atoms with Crippen molar-refractivity contribution in [2.75, 3.05) is 5.01 Å². The summed E-state index contributed by atoms with van der Waals surface area (Å²) in [6, 6.07) is 5.01. The number of carboxylic acid groups (broad SMARTS) is 1. The van der Waals surface area contributed by atoms with Crippen LogP contribution in [0.3, 0.4) is 0 Å². The molecule has 1 aliphatic rings. The van der Waals surface area contributed by atoms with Crippen LogP contribution in [-0.4, -0.2) is 28.9 Å². The second-order valence-corrected chi connectivity index (χ2v) is 4.21. The Balaban J connectivity index is 2.43. The van der Waals surface area contributed by atoms with Crippen LogP contribution in [-0.2, 0) is 4.79 Å². The number of hydrazone groups is 1. The summed E-state index contributed by atoms with van der Waals surface area (Å²) in [5.74, 6) is -3.50. The summed E-state index contributed by atoms with van der Waals surface area (Å²) in [6.07, 6.45) is -4.70. The Morgan fingerprint density at radius 2 is 2.05 bits per heavy atom. The van der Waals surface area contributed by atoms with Crippen LogP contribution in [0.5, 0.6) is 0 Å². The molecule has 0 bridgehead atoms. The number of hydrogen-bond donors (Lipinski definition) is 1. The van der Waals surface area contributed by atoms with Gasteiger partial charge in [0.2, 0.25) is 0 Å². The van der Waals surface area contributed by atoms with Crippen LogP contribution in [0.4, 0.5) is 18.9 Å². The third kappa shape index (κ3) is 2.36. The Morgan fingerprint density at radius 3 is 2.55 bits per heavy atom. The second-order valence-electron chi connectivity index (χ2n) is 4.21. The van der Waals surface area contributed by atoms with Gasteiger partial charge in [-0.2, -0.15) is 23.3 Å². The van der Waals surface area contributed by atoms with E-state index in [0.29, 0.717) is 5.01 Å². The molecule has 0 saturated heterocycles. The standard InChI is InChI=1S/C12H9F3N2O3/c1-6-9(12(13,14)15)16-17(10(6)18)8-4-2-3-7(5-8)11(19)20/h2-6H,1H3,(H,19,20). The summed E-state index contributed by atoms with van der Waals surface area (Å²) in [5, 5.41) is 12.7. The van der Waals surface area contributed by atoms with E-state index < -0.39 is 29.7 Å². The number of carbonyl (C=O) groups is 2. The highest BCUT2D eigenvalue weighted by molar-refractivity contribution is 6.17. The van der Waals surface area contributed by atoms with Crippen LogP contribution in [0.25, 0.3) is 0 Å². The quantitative estimate of drug-likeness (QED) is 0.906. The zero-order valence-corrected chi connectivity index (χ0v) is 10.2. The van der Waals surface area contributed by atoms with Gasteiger partial charge in [0.05, 0.1) is 17.2 Å². The van der Waals surface area contributed by atoms with E-state index in [2.05, 4.69) is 5.10 Å². The molecule has 1 aromatic rings. The molecule has 0 radical (unpaired) electrons. The highest BCUT2D eigenvalue weighted by atomic mass is 19.4. The van der Waals surface area contributed by atoms with Crippen LogP contribution in [0.2, 0.25) is 0 Å². The zero-order chi connectivity index (χ0) is 15.1. The third-order valence-corrected chi connectivity index (χ3v) is 2.83. The van der Waals surface area contributed by atoms with E-state index >= 15 is 0 Å². The Hall–Kier alpha value is -2.38. The smallest absolute Gasteiger partial charge is 0.432 e. The number of carbonyl (C=O) groups excluding carboxylic acids is 1. The molecule has 1 amide bonds. The van der Waals surface area contributed by atoms with E-state index in [4.69, 9.17) is 5.11 Å². The Bertz CT molecular complexity index is 610. The molecular weight excluding hydrogens is 277 g/mol. The molecule has 0 aromatic heterocycles. The van der Waals surface area contributed by atoms with Gasteiger partial charge in [0.15, 0.2) is 5.71 Å². The largest absolute Gasteiger partial charge is 0.478 e. The van der Waals surface area contributed by atoms with Crippen molar-refractivity contribution >= 4 is 23.3 Å². The molecule has 1 aliphatic heterocycles. The average Bonchev–Trinajstić information content (AvgIpc) is 2.66. The molecule has 0 saturated carbocycles. The number of aromatic carboxylic acids is 1. The zero-order valence-electron chi connectivity index (χ0n) is 10.2. The minimum atomic E-state index is -4.70. The van der Waals surface area contributed by atoms with Crippen molar-refractivity contribution in [1.29, 1.82) is 0 Å². The summed E-state index contributed by atoms with van der Waals surface area (Å²) in [7, 11) is 0. The molecule has 1 heterocycles. The monoisotopic (exact) mass is 286 g/mol. The molecule has 2 rings (SSSR count). The first-order valence-corrected chi connectivity index (χ1v) is 5.55. The van der Waals surface area contributed by atoms with Crippen molar-refractivity contribution in [2.45, 2.75) is 13.1 Å². The van der Waals surface area contributed by atoms with E-state index in [0.717, 1.165) is 13.0 Å². The lowest BCUT2D eigenvalue weighted by atomic mass is 10.1. The minimum absolute atomic E-state index is 0.0130. The summed E-state index contributed by atoms with van der Waals surface area (Å²) < 4.78 is 38.0. The number of benzene rings is 1. The number of rotatable bonds is 2. The minimum Gasteiger partial charge on any atom is -0.478 e. The maximum Gasteiger partial charge on any atom is 0.432 e. The fourth-order valence-corrected chi connectivity index (χ4v) is 1.80. The number of carboxylic acids is 1. The SMILES string of the molecule is CC1C(=O)N(c2cccc(C(=O)O)c2)N=C1C(F)(F)F. The normalized spacial score (nSPS) is 19.2. The lowest BCUT2D eigenvalue weighted by Gasteiger charge is -2.12. The highest BCUT2D eigenvalue weighted by Gasteiger charge is 2.48. The van der Waals surface area contributed by atoms with Crippen LogP contribution < -0.4 is 5.01 Å². The first kappa shape index (κ1) is 14.0. The summed E-state index contributed by atoms with van der Waals surface area (Å²) in [5.41, 5.74) is -1.34. The van der Waals surface area contributed by atoms with Crippen molar-refractivity contribution in [3.63, 3.8) is 0 Å².